The molecule has 31 heavy (non-hydrogen) atoms. The summed E-state index contributed by atoms with van der Waals surface area (Å²) < 4.78 is 17.5. The Morgan fingerprint density at radius 3 is 2.81 bits per heavy atom. The Kier molecular flexibility index (Phi) is 5.48. The van der Waals surface area contributed by atoms with E-state index in [0.717, 1.165) is 48.1 Å². The van der Waals surface area contributed by atoms with E-state index in [2.05, 4.69) is 26.7 Å². The summed E-state index contributed by atoms with van der Waals surface area (Å²) in [7, 11) is 0. The van der Waals surface area contributed by atoms with Crippen LogP contribution in [0.3, 0.4) is 0 Å². The fraction of sp³-hybridized carbons (Fsp3) is 0.227. The first-order chi connectivity index (χ1) is 15.1. The van der Waals surface area contributed by atoms with Crippen LogP contribution in [0.2, 0.25) is 10.0 Å². The molecule has 0 radical (unpaired) electrons. The molecule has 1 saturated heterocycles. The second-order valence-corrected chi connectivity index (χ2v) is 8.27. The highest BCUT2D eigenvalue weighted by Gasteiger charge is 2.16. The average molecular weight is 457 g/mol. The summed E-state index contributed by atoms with van der Waals surface area (Å²) in [6.07, 6.45) is 11.2. The van der Waals surface area contributed by atoms with E-state index in [1.165, 1.54) is 18.3 Å². The number of hydrogen-bond donors (Lipinski definition) is 1. The Morgan fingerprint density at radius 2 is 1.97 bits per heavy atom. The number of piperidine rings is 1. The highest BCUT2D eigenvalue weighted by Crippen LogP contribution is 2.27. The lowest BCUT2D eigenvalue weighted by atomic mass is 10.1. The van der Waals surface area contributed by atoms with Crippen LogP contribution in [0.1, 0.15) is 24.4 Å². The Balaban J connectivity index is 1.47. The van der Waals surface area contributed by atoms with Crippen molar-refractivity contribution in [3.63, 3.8) is 0 Å². The fourth-order valence-corrected chi connectivity index (χ4v) is 4.26. The first-order valence-corrected chi connectivity index (χ1v) is 10.8. The number of aromatic nitrogens is 4. The van der Waals surface area contributed by atoms with Crippen molar-refractivity contribution in [2.24, 2.45) is 5.10 Å². The van der Waals surface area contributed by atoms with E-state index in [1.807, 2.05) is 29.2 Å². The fourth-order valence-electron chi connectivity index (χ4n) is 3.79. The van der Waals surface area contributed by atoms with Crippen molar-refractivity contribution in [2.45, 2.75) is 18.9 Å². The van der Waals surface area contributed by atoms with Crippen LogP contribution in [0, 0.1) is 5.82 Å². The number of nitrogens with zero attached hydrogens (tertiary/aromatic N) is 5. The topological polar surface area (TPSA) is 60.0 Å². The molecule has 1 N–H and O–H groups in total. The number of hydrogen-bond acceptors (Lipinski definition) is 4. The molecule has 4 aromatic rings. The van der Waals surface area contributed by atoms with Gasteiger partial charge in [0.05, 0.1) is 39.5 Å². The van der Waals surface area contributed by atoms with Crippen LogP contribution in [0.4, 0.5) is 4.39 Å². The lowest BCUT2D eigenvalue weighted by Gasteiger charge is -2.22. The molecular formula is C22H19Cl2FN6. The SMILES string of the molecule is Fc1ccc(Cl)c(/C=N\n2ccc3ncc(-c4cnn(C5CCNCC5)c4)cc32)c1Cl. The molecule has 0 bridgehead atoms. The first-order valence-electron chi connectivity index (χ1n) is 10.0. The molecule has 3 aromatic heterocycles. The van der Waals surface area contributed by atoms with E-state index in [1.54, 1.807) is 10.9 Å². The van der Waals surface area contributed by atoms with E-state index >= 15 is 0 Å². The Hall–Kier alpha value is -2.74. The first kappa shape index (κ1) is 20.2. The Labute approximate surface area is 188 Å². The zero-order valence-corrected chi connectivity index (χ0v) is 18.0. The minimum Gasteiger partial charge on any atom is -0.317 e. The quantitative estimate of drug-likeness (QED) is 0.341. The molecule has 0 spiro atoms. The van der Waals surface area contributed by atoms with E-state index < -0.39 is 5.82 Å². The minimum atomic E-state index is -0.542. The summed E-state index contributed by atoms with van der Waals surface area (Å²) in [5, 5.41) is 12.6. The predicted molar refractivity (Wildman–Crippen MR) is 122 cm³/mol. The van der Waals surface area contributed by atoms with E-state index in [4.69, 9.17) is 23.2 Å². The van der Waals surface area contributed by atoms with Gasteiger partial charge in [0, 0.05) is 35.3 Å². The monoisotopic (exact) mass is 456 g/mol. The molecule has 0 saturated carbocycles. The van der Waals surface area contributed by atoms with Crippen LogP contribution in [-0.2, 0) is 0 Å². The highest BCUT2D eigenvalue weighted by atomic mass is 35.5. The van der Waals surface area contributed by atoms with Gasteiger partial charge in [-0.2, -0.15) is 10.2 Å². The number of rotatable bonds is 4. The van der Waals surface area contributed by atoms with Crippen LogP contribution in [0.25, 0.3) is 22.2 Å². The molecule has 0 unspecified atom stereocenters. The van der Waals surface area contributed by atoms with Crippen molar-refractivity contribution in [1.29, 1.82) is 0 Å². The number of halogens is 3. The maximum atomic E-state index is 13.8. The van der Waals surface area contributed by atoms with Crippen LogP contribution in [0.15, 0.2) is 54.2 Å². The van der Waals surface area contributed by atoms with Gasteiger partial charge in [0.1, 0.15) is 5.82 Å². The van der Waals surface area contributed by atoms with Gasteiger partial charge in [-0.3, -0.25) is 9.67 Å². The molecule has 0 aliphatic carbocycles. The van der Waals surface area contributed by atoms with Gasteiger partial charge in [0.15, 0.2) is 0 Å². The van der Waals surface area contributed by atoms with Crippen LogP contribution in [-0.4, -0.2) is 38.7 Å². The molecule has 1 aliphatic rings. The molecular weight excluding hydrogens is 438 g/mol. The molecule has 0 amide bonds. The minimum absolute atomic E-state index is 0.0585. The molecule has 158 valence electrons. The van der Waals surface area contributed by atoms with Gasteiger partial charge >= 0.3 is 0 Å². The normalized spacial score (nSPS) is 15.3. The molecule has 0 atom stereocenters. The van der Waals surface area contributed by atoms with Crippen LogP contribution in [0.5, 0.6) is 0 Å². The standard InChI is InChI=1S/C22H19Cl2FN6/c23-18-1-2-19(25)22(24)17(18)12-29-30-8-5-20-21(30)9-14(10-27-20)15-11-28-31(13-15)16-3-6-26-7-4-16/h1-2,5,8-13,16,26H,3-4,6-7H2/b29-12-. The molecule has 6 nitrogen and oxygen atoms in total. The van der Waals surface area contributed by atoms with Crippen molar-refractivity contribution in [3.05, 3.63) is 70.5 Å². The number of pyridine rings is 1. The zero-order chi connectivity index (χ0) is 21.4. The third kappa shape index (κ3) is 3.96. The van der Waals surface area contributed by atoms with E-state index in [9.17, 15) is 4.39 Å². The Morgan fingerprint density at radius 1 is 1.13 bits per heavy atom. The van der Waals surface area contributed by atoms with Crippen molar-refractivity contribution < 1.29 is 4.39 Å². The van der Waals surface area contributed by atoms with E-state index in [0.29, 0.717) is 16.6 Å². The Bertz CT molecular complexity index is 1270. The van der Waals surface area contributed by atoms with Gasteiger partial charge in [-0.25, -0.2) is 9.07 Å². The van der Waals surface area contributed by atoms with Gasteiger partial charge in [0.25, 0.3) is 0 Å². The van der Waals surface area contributed by atoms with Gasteiger partial charge in [-0.1, -0.05) is 23.2 Å². The number of benzene rings is 1. The summed E-state index contributed by atoms with van der Waals surface area (Å²) in [4.78, 5) is 4.55. The number of fused-ring (bicyclic) bond motifs is 1. The smallest absolute Gasteiger partial charge is 0.142 e. The van der Waals surface area contributed by atoms with E-state index in [-0.39, 0.29) is 5.02 Å². The third-order valence-electron chi connectivity index (χ3n) is 5.53. The summed E-state index contributed by atoms with van der Waals surface area (Å²) >= 11 is 12.2. The zero-order valence-electron chi connectivity index (χ0n) is 16.5. The average Bonchev–Trinajstić information content (AvgIpc) is 3.44. The molecule has 1 fully saturated rings. The van der Waals surface area contributed by atoms with Crippen molar-refractivity contribution >= 4 is 40.4 Å². The molecule has 4 heterocycles. The van der Waals surface area contributed by atoms with Gasteiger partial charge < -0.3 is 5.32 Å². The summed E-state index contributed by atoms with van der Waals surface area (Å²) in [5.74, 6) is -0.542. The number of nitrogens with one attached hydrogen (secondary N) is 1. The summed E-state index contributed by atoms with van der Waals surface area (Å²) in [6, 6.07) is 6.98. The largest absolute Gasteiger partial charge is 0.317 e. The van der Waals surface area contributed by atoms with Crippen LogP contribution >= 0.6 is 23.2 Å². The second-order valence-electron chi connectivity index (χ2n) is 7.48. The lowest BCUT2D eigenvalue weighted by molar-refractivity contribution is 0.343. The predicted octanol–water partition coefficient (Wildman–Crippen LogP) is 5.15. The summed E-state index contributed by atoms with van der Waals surface area (Å²) in [5.41, 5.74) is 3.89. The van der Waals surface area contributed by atoms with Gasteiger partial charge in [0.2, 0.25) is 0 Å². The molecule has 1 aromatic carbocycles. The maximum absolute atomic E-state index is 13.8. The van der Waals surface area contributed by atoms with Crippen molar-refractivity contribution in [2.75, 3.05) is 13.1 Å². The van der Waals surface area contributed by atoms with Gasteiger partial charge in [-0.05, 0) is 50.2 Å². The van der Waals surface area contributed by atoms with Crippen molar-refractivity contribution in [3.8, 4) is 11.1 Å². The molecule has 9 heteroatoms. The van der Waals surface area contributed by atoms with Crippen molar-refractivity contribution in [1.82, 2.24) is 24.8 Å². The summed E-state index contributed by atoms with van der Waals surface area (Å²) in [6.45, 7) is 2.02. The molecule has 5 rings (SSSR count). The maximum Gasteiger partial charge on any atom is 0.142 e. The van der Waals surface area contributed by atoms with Crippen LogP contribution < -0.4 is 5.32 Å². The third-order valence-corrected chi connectivity index (χ3v) is 6.24. The highest BCUT2D eigenvalue weighted by molar-refractivity contribution is 6.38. The molecule has 1 aliphatic heterocycles. The van der Waals surface area contributed by atoms with Gasteiger partial charge in [-0.15, -0.1) is 0 Å². The second kappa shape index (κ2) is 8.42. The lowest BCUT2D eigenvalue weighted by Crippen LogP contribution is -2.29.